The Bertz CT molecular complexity index is 294. The number of aromatic nitrogens is 1. The molecule has 0 aliphatic heterocycles. The van der Waals surface area contributed by atoms with Gasteiger partial charge in [-0.25, -0.2) is 4.98 Å². The van der Waals surface area contributed by atoms with Crippen molar-refractivity contribution in [3.05, 3.63) is 16.6 Å². The summed E-state index contributed by atoms with van der Waals surface area (Å²) in [4.78, 5) is 4.58. The van der Waals surface area contributed by atoms with Crippen molar-refractivity contribution in [3.63, 3.8) is 0 Å². The van der Waals surface area contributed by atoms with Gasteiger partial charge >= 0.3 is 0 Å². The van der Waals surface area contributed by atoms with E-state index in [0.29, 0.717) is 5.41 Å². The molecule has 1 atom stereocenters. The van der Waals surface area contributed by atoms with Crippen molar-refractivity contribution < 1.29 is 0 Å². The molecular weight excluding hydrogens is 238 g/mol. The first-order valence-corrected chi connectivity index (χ1v) is 8.56. The zero-order chi connectivity index (χ0) is 13.3. The van der Waals surface area contributed by atoms with Crippen molar-refractivity contribution in [2.75, 3.05) is 0 Å². The van der Waals surface area contributed by atoms with E-state index in [1.54, 1.807) is 11.3 Å². The topological polar surface area (TPSA) is 12.9 Å². The lowest BCUT2D eigenvalue weighted by molar-refractivity contribution is 0.358. The van der Waals surface area contributed by atoms with Crippen LogP contribution in [0.1, 0.15) is 84.3 Å². The van der Waals surface area contributed by atoms with Gasteiger partial charge in [0.1, 0.15) is 0 Å². The highest BCUT2D eigenvalue weighted by Crippen LogP contribution is 2.35. The van der Waals surface area contributed by atoms with E-state index >= 15 is 0 Å². The number of hydrogen-bond acceptors (Lipinski definition) is 2. The molecule has 0 aromatic carbocycles. The summed E-state index contributed by atoms with van der Waals surface area (Å²) in [5, 5.41) is 2.26. The second-order valence-corrected chi connectivity index (χ2v) is 6.42. The van der Waals surface area contributed by atoms with Gasteiger partial charge in [-0.3, -0.25) is 0 Å². The summed E-state index contributed by atoms with van der Waals surface area (Å²) in [6.45, 7) is 6.98. The Balaban J connectivity index is 2.51. The maximum Gasteiger partial charge on any atom is 0.0794 e. The van der Waals surface area contributed by atoms with Gasteiger partial charge in [0.15, 0.2) is 0 Å². The predicted octanol–water partition coefficient (Wildman–Crippen LogP) is 5.95. The number of unbranched alkanes of at least 4 members (excludes halogenated alkanes) is 5. The smallest absolute Gasteiger partial charge is 0.0794 e. The monoisotopic (exact) mass is 267 g/mol. The van der Waals surface area contributed by atoms with Gasteiger partial charge in [-0.15, -0.1) is 11.3 Å². The van der Waals surface area contributed by atoms with E-state index in [1.807, 2.05) is 5.51 Å². The van der Waals surface area contributed by atoms with Crippen molar-refractivity contribution in [1.82, 2.24) is 4.98 Å². The van der Waals surface area contributed by atoms with E-state index in [2.05, 4.69) is 31.1 Å². The van der Waals surface area contributed by atoms with Crippen molar-refractivity contribution in [2.45, 2.75) is 84.0 Å². The van der Waals surface area contributed by atoms with Crippen LogP contribution in [0.3, 0.4) is 0 Å². The van der Waals surface area contributed by atoms with E-state index < -0.39 is 0 Å². The summed E-state index contributed by atoms with van der Waals surface area (Å²) < 4.78 is 0. The summed E-state index contributed by atoms with van der Waals surface area (Å²) in [6.07, 6.45) is 12.1. The van der Waals surface area contributed by atoms with Gasteiger partial charge in [0.25, 0.3) is 0 Å². The van der Waals surface area contributed by atoms with Crippen LogP contribution in [0.5, 0.6) is 0 Å². The normalized spacial score (nSPS) is 14.6. The van der Waals surface area contributed by atoms with Gasteiger partial charge in [-0.2, -0.15) is 0 Å². The van der Waals surface area contributed by atoms with Crippen LogP contribution >= 0.6 is 11.3 Å². The van der Waals surface area contributed by atoms with E-state index in [9.17, 15) is 0 Å². The molecule has 0 saturated heterocycles. The summed E-state index contributed by atoms with van der Waals surface area (Å²) >= 11 is 1.74. The Morgan fingerprint density at radius 1 is 1.00 bits per heavy atom. The summed E-state index contributed by atoms with van der Waals surface area (Å²) in [5.74, 6) is 0. The molecule has 0 aliphatic rings. The highest BCUT2D eigenvalue weighted by molar-refractivity contribution is 7.07. The van der Waals surface area contributed by atoms with Crippen molar-refractivity contribution >= 4 is 11.3 Å². The van der Waals surface area contributed by atoms with Crippen LogP contribution in [0.2, 0.25) is 0 Å². The van der Waals surface area contributed by atoms with E-state index in [1.165, 1.54) is 63.5 Å². The molecule has 1 rings (SSSR count). The molecule has 0 bridgehead atoms. The molecule has 0 N–H and O–H groups in total. The molecular formula is C16H29NS. The molecule has 2 heteroatoms. The maximum absolute atomic E-state index is 4.58. The first kappa shape index (κ1) is 15.7. The summed E-state index contributed by atoms with van der Waals surface area (Å²) in [7, 11) is 0. The minimum atomic E-state index is 0.322. The van der Waals surface area contributed by atoms with Gasteiger partial charge in [0.2, 0.25) is 0 Å². The molecule has 0 aliphatic carbocycles. The molecule has 1 aromatic heterocycles. The van der Waals surface area contributed by atoms with Crippen LogP contribution in [0.25, 0.3) is 0 Å². The largest absolute Gasteiger partial charge is 0.249 e. The van der Waals surface area contributed by atoms with Gasteiger partial charge in [0, 0.05) is 10.8 Å². The van der Waals surface area contributed by atoms with Crippen LogP contribution in [0.15, 0.2) is 10.9 Å². The van der Waals surface area contributed by atoms with Crippen LogP contribution in [-0.4, -0.2) is 4.98 Å². The Hall–Kier alpha value is -0.370. The Kier molecular flexibility index (Phi) is 7.57. The lowest BCUT2D eigenvalue weighted by Crippen LogP contribution is -2.22. The Morgan fingerprint density at radius 3 is 2.17 bits per heavy atom. The van der Waals surface area contributed by atoms with Gasteiger partial charge in [-0.1, -0.05) is 65.7 Å². The third kappa shape index (κ3) is 5.09. The van der Waals surface area contributed by atoms with Gasteiger partial charge in [0.05, 0.1) is 11.2 Å². The van der Waals surface area contributed by atoms with Crippen LogP contribution < -0.4 is 0 Å². The molecule has 0 amide bonds. The number of thiazole rings is 1. The van der Waals surface area contributed by atoms with Crippen molar-refractivity contribution in [1.29, 1.82) is 0 Å². The fourth-order valence-corrected chi connectivity index (χ4v) is 3.31. The standard InChI is InChI=1S/C16H29NS/c1-4-6-8-10-12-16(3,11-9-7-5-2)15-13-18-14-17-15/h13-14H,4-12H2,1-3H3. The van der Waals surface area contributed by atoms with Crippen molar-refractivity contribution in [2.24, 2.45) is 0 Å². The minimum Gasteiger partial charge on any atom is -0.249 e. The van der Waals surface area contributed by atoms with E-state index in [4.69, 9.17) is 0 Å². The highest BCUT2D eigenvalue weighted by atomic mass is 32.1. The quantitative estimate of drug-likeness (QED) is 0.477. The SMILES string of the molecule is CCCCCCC(C)(CCCCC)c1cscn1. The first-order chi connectivity index (χ1) is 8.73. The van der Waals surface area contributed by atoms with Gasteiger partial charge in [-0.05, 0) is 12.8 Å². The number of nitrogens with zero attached hydrogens (tertiary/aromatic N) is 1. The minimum absolute atomic E-state index is 0.322. The predicted molar refractivity (Wildman–Crippen MR) is 82.4 cm³/mol. The second kappa shape index (κ2) is 8.68. The molecule has 0 saturated carbocycles. The third-order valence-electron chi connectivity index (χ3n) is 3.96. The van der Waals surface area contributed by atoms with Crippen LogP contribution in [0.4, 0.5) is 0 Å². The molecule has 0 spiro atoms. The second-order valence-electron chi connectivity index (χ2n) is 5.70. The molecule has 1 nitrogen and oxygen atoms in total. The lowest BCUT2D eigenvalue weighted by atomic mass is 9.77. The summed E-state index contributed by atoms with van der Waals surface area (Å²) in [5.41, 5.74) is 3.64. The fourth-order valence-electron chi connectivity index (χ4n) is 2.60. The maximum atomic E-state index is 4.58. The molecule has 0 fully saturated rings. The molecule has 18 heavy (non-hydrogen) atoms. The zero-order valence-electron chi connectivity index (χ0n) is 12.4. The number of hydrogen-bond donors (Lipinski definition) is 0. The highest BCUT2D eigenvalue weighted by Gasteiger charge is 2.27. The molecule has 104 valence electrons. The molecule has 0 radical (unpaired) electrons. The Labute approximate surface area is 117 Å². The fraction of sp³-hybridized carbons (Fsp3) is 0.812. The summed E-state index contributed by atoms with van der Waals surface area (Å²) in [6, 6.07) is 0. The van der Waals surface area contributed by atoms with Crippen LogP contribution in [0, 0.1) is 0 Å². The molecule has 1 aromatic rings. The Morgan fingerprint density at radius 2 is 1.61 bits per heavy atom. The van der Waals surface area contributed by atoms with Crippen molar-refractivity contribution in [3.8, 4) is 0 Å². The zero-order valence-corrected chi connectivity index (χ0v) is 13.2. The lowest BCUT2D eigenvalue weighted by Gasteiger charge is -2.28. The molecule has 1 heterocycles. The number of rotatable bonds is 10. The van der Waals surface area contributed by atoms with E-state index in [0.717, 1.165) is 0 Å². The van der Waals surface area contributed by atoms with E-state index in [-0.39, 0.29) is 0 Å². The first-order valence-electron chi connectivity index (χ1n) is 7.61. The average molecular weight is 267 g/mol. The van der Waals surface area contributed by atoms with Crippen LogP contribution in [-0.2, 0) is 5.41 Å². The average Bonchev–Trinajstić information content (AvgIpc) is 2.89. The van der Waals surface area contributed by atoms with Gasteiger partial charge < -0.3 is 0 Å². The molecule has 1 unspecified atom stereocenters. The third-order valence-corrected chi connectivity index (χ3v) is 4.55.